The summed E-state index contributed by atoms with van der Waals surface area (Å²) in [6.07, 6.45) is 1.12. The molecule has 1 aliphatic carbocycles. The highest BCUT2D eigenvalue weighted by Gasteiger charge is 2.64. The summed E-state index contributed by atoms with van der Waals surface area (Å²) in [5.41, 5.74) is -0.337. The number of esters is 1. The van der Waals surface area contributed by atoms with Crippen molar-refractivity contribution in [2.24, 2.45) is 17.3 Å². The molecule has 2 rings (SSSR count). The minimum atomic E-state index is -1.97. The number of aliphatic hydroxyl groups is 1. The van der Waals surface area contributed by atoms with E-state index in [1.807, 2.05) is 6.92 Å². The van der Waals surface area contributed by atoms with Crippen molar-refractivity contribution in [3.8, 4) is 0 Å². The van der Waals surface area contributed by atoms with E-state index >= 15 is 0 Å². The normalized spacial score (nSPS) is 45.5. The fraction of sp³-hybridized carbons (Fsp3) is 0.833. The largest absolute Gasteiger partial charge is 0.465 e. The van der Waals surface area contributed by atoms with Crippen LogP contribution in [0.5, 0.6) is 0 Å². The monoisotopic (exact) mass is 242 g/mol. The molecule has 96 valence electrons. The van der Waals surface area contributed by atoms with Gasteiger partial charge in [0.25, 0.3) is 5.79 Å². The first-order chi connectivity index (χ1) is 7.85. The van der Waals surface area contributed by atoms with Crippen LogP contribution in [0.3, 0.4) is 0 Å². The molecule has 0 aromatic carbocycles. The predicted octanol–water partition coefficient (Wildman–Crippen LogP) is 0.500. The van der Waals surface area contributed by atoms with Crippen LogP contribution in [0.15, 0.2) is 0 Å². The summed E-state index contributed by atoms with van der Waals surface area (Å²) < 4.78 is 9.88. The lowest BCUT2D eigenvalue weighted by Gasteiger charge is -2.41. The zero-order valence-corrected chi connectivity index (χ0v) is 10.4. The van der Waals surface area contributed by atoms with Crippen LogP contribution in [0.1, 0.15) is 26.7 Å². The summed E-state index contributed by atoms with van der Waals surface area (Å²) in [5.74, 6) is -3.63. The molecule has 2 fully saturated rings. The maximum atomic E-state index is 11.8. The Hall–Kier alpha value is -0.940. The second-order valence-electron chi connectivity index (χ2n) is 5.36. The molecule has 0 aromatic rings. The second kappa shape index (κ2) is 3.78. The number of methoxy groups -OCH3 is 1. The van der Waals surface area contributed by atoms with E-state index in [9.17, 15) is 14.7 Å². The molecule has 0 unspecified atom stereocenters. The topological polar surface area (TPSA) is 72.8 Å². The van der Waals surface area contributed by atoms with Gasteiger partial charge in [-0.25, -0.2) is 4.79 Å². The lowest BCUT2D eigenvalue weighted by Crippen LogP contribution is -2.53. The molecule has 0 spiro atoms. The Bertz CT molecular complexity index is 366. The van der Waals surface area contributed by atoms with Crippen LogP contribution in [0.4, 0.5) is 0 Å². The number of ether oxygens (including phenoxy) is 2. The number of carbonyl (C=O) groups is 2. The molecule has 1 saturated carbocycles. The SMILES string of the molecule is COC(=O)[C@@]1(O)OC[C@]2(C)CCC(=O)[C@H](C)[C@@H]21. The maximum absolute atomic E-state index is 11.8. The summed E-state index contributed by atoms with van der Waals surface area (Å²) in [6.45, 7) is 3.97. The number of hydrogen-bond donors (Lipinski definition) is 1. The van der Waals surface area contributed by atoms with E-state index in [0.717, 1.165) is 0 Å². The van der Waals surface area contributed by atoms with Gasteiger partial charge >= 0.3 is 5.97 Å². The van der Waals surface area contributed by atoms with Gasteiger partial charge in [0.1, 0.15) is 5.78 Å². The van der Waals surface area contributed by atoms with E-state index in [-0.39, 0.29) is 23.7 Å². The minimum absolute atomic E-state index is 0.0697. The van der Waals surface area contributed by atoms with E-state index < -0.39 is 17.7 Å². The molecule has 1 saturated heterocycles. The van der Waals surface area contributed by atoms with Crippen LogP contribution < -0.4 is 0 Å². The number of hydrogen-bond acceptors (Lipinski definition) is 5. The van der Waals surface area contributed by atoms with Gasteiger partial charge in [-0.3, -0.25) is 4.79 Å². The molecule has 0 amide bonds. The number of fused-ring (bicyclic) bond motifs is 1. The molecule has 0 bridgehead atoms. The van der Waals surface area contributed by atoms with Gasteiger partial charge in [-0.1, -0.05) is 13.8 Å². The van der Waals surface area contributed by atoms with Crippen LogP contribution >= 0.6 is 0 Å². The van der Waals surface area contributed by atoms with Gasteiger partial charge < -0.3 is 14.6 Å². The first kappa shape index (κ1) is 12.5. The zero-order chi connectivity index (χ0) is 12.8. The molecular formula is C12H18O5. The highest BCUT2D eigenvalue weighted by atomic mass is 16.7. The second-order valence-corrected chi connectivity index (χ2v) is 5.36. The number of rotatable bonds is 1. The summed E-state index contributed by atoms with van der Waals surface area (Å²) in [7, 11) is 1.20. The lowest BCUT2D eigenvalue weighted by atomic mass is 9.61. The third-order valence-electron chi connectivity index (χ3n) is 4.22. The Morgan fingerprint density at radius 1 is 1.59 bits per heavy atom. The first-order valence-corrected chi connectivity index (χ1v) is 5.82. The average Bonchev–Trinajstić information content (AvgIpc) is 2.58. The van der Waals surface area contributed by atoms with Crippen LogP contribution in [0.2, 0.25) is 0 Å². The van der Waals surface area contributed by atoms with Crippen LogP contribution in [-0.2, 0) is 19.1 Å². The van der Waals surface area contributed by atoms with Crippen molar-refractivity contribution in [3.05, 3.63) is 0 Å². The Kier molecular flexibility index (Phi) is 2.78. The van der Waals surface area contributed by atoms with Crippen LogP contribution in [0.25, 0.3) is 0 Å². The maximum Gasteiger partial charge on any atom is 0.366 e. The van der Waals surface area contributed by atoms with Gasteiger partial charge in [0.05, 0.1) is 13.7 Å². The first-order valence-electron chi connectivity index (χ1n) is 5.82. The third kappa shape index (κ3) is 1.60. The lowest BCUT2D eigenvalue weighted by molar-refractivity contribution is -0.227. The summed E-state index contributed by atoms with van der Waals surface area (Å²) in [6, 6.07) is 0. The predicted molar refractivity (Wildman–Crippen MR) is 57.9 cm³/mol. The molecule has 1 aliphatic heterocycles. The summed E-state index contributed by atoms with van der Waals surface area (Å²) in [4.78, 5) is 23.4. The van der Waals surface area contributed by atoms with Crippen molar-refractivity contribution in [1.82, 2.24) is 0 Å². The van der Waals surface area contributed by atoms with Crippen LogP contribution in [-0.4, -0.2) is 36.4 Å². The Morgan fingerprint density at radius 2 is 2.24 bits per heavy atom. The van der Waals surface area contributed by atoms with Gasteiger partial charge in [-0.2, -0.15) is 0 Å². The molecule has 2 aliphatic rings. The Balaban J connectivity index is 2.40. The zero-order valence-electron chi connectivity index (χ0n) is 10.4. The quantitative estimate of drug-likeness (QED) is 0.678. The molecule has 0 aromatic heterocycles. The molecule has 17 heavy (non-hydrogen) atoms. The van der Waals surface area contributed by atoms with Crippen molar-refractivity contribution in [2.45, 2.75) is 32.5 Å². The summed E-state index contributed by atoms with van der Waals surface area (Å²) >= 11 is 0. The molecule has 1 N–H and O–H groups in total. The van der Waals surface area contributed by atoms with Gasteiger partial charge in [0, 0.05) is 23.7 Å². The van der Waals surface area contributed by atoms with Crippen molar-refractivity contribution >= 4 is 11.8 Å². The highest BCUT2D eigenvalue weighted by Crippen LogP contribution is 2.53. The Labute approximate surface area is 100 Å². The molecule has 5 heteroatoms. The van der Waals surface area contributed by atoms with Gasteiger partial charge in [-0.05, 0) is 6.42 Å². The molecular weight excluding hydrogens is 224 g/mol. The van der Waals surface area contributed by atoms with Crippen molar-refractivity contribution in [2.75, 3.05) is 13.7 Å². The average molecular weight is 242 g/mol. The third-order valence-corrected chi connectivity index (χ3v) is 4.22. The van der Waals surface area contributed by atoms with Gasteiger partial charge in [0.2, 0.25) is 0 Å². The van der Waals surface area contributed by atoms with Crippen LogP contribution in [0, 0.1) is 17.3 Å². The van der Waals surface area contributed by atoms with Gasteiger partial charge in [0.15, 0.2) is 0 Å². The van der Waals surface area contributed by atoms with E-state index in [1.54, 1.807) is 6.92 Å². The van der Waals surface area contributed by atoms with Crippen molar-refractivity contribution in [1.29, 1.82) is 0 Å². The van der Waals surface area contributed by atoms with Crippen molar-refractivity contribution < 1.29 is 24.2 Å². The number of Topliss-reactive ketones (excluding diaryl/α,β-unsaturated/α-hetero) is 1. The number of ketones is 1. The standard InChI is InChI=1S/C12H18O5/c1-7-8(13)4-5-11(2)6-17-12(15,9(7)11)10(14)16-3/h7,9,15H,4-6H2,1-3H3/t7-,9-,11-,12-/m0/s1. The summed E-state index contributed by atoms with van der Waals surface area (Å²) in [5, 5.41) is 10.4. The van der Waals surface area contributed by atoms with E-state index in [0.29, 0.717) is 12.8 Å². The molecule has 0 radical (unpaired) electrons. The van der Waals surface area contributed by atoms with Gasteiger partial charge in [-0.15, -0.1) is 0 Å². The number of carbonyl (C=O) groups excluding carboxylic acids is 2. The fourth-order valence-corrected chi connectivity index (χ4v) is 3.25. The Morgan fingerprint density at radius 3 is 2.82 bits per heavy atom. The van der Waals surface area contributed by atoms with E-state index in [1.165, 1.54) is 7.11 Å². The highest BCUT2D eigenvalue weighted by molar-refractivity contribution is 5.85. The van der Waals surface area contributed by atoms with E-state index in [4.69, 9.17) is 4.74 Å². The van der Waals surface area contributed by atoms with E-state index in [2.05, 4.69) is 4.74 Å². The van der Waals surface area contributed by atoms with Crippen molar-refractivity contribution in [3.63, 3.8) is 0 Å². The smallest absolute Gasteiger partial charge is 0.366 e. The molecule has 4 atom stereocenters. The molecule has 1 heterocycles. The minimum Gasteiger partial charge on any atom is -0.465 e. The molecule has 5 nitrogen and oxygen atoms in total. The fourth-order valence-electron chi connectivity index (χ4n) is 3.25.